The van der Waals surface area contributed by atoms with Crippen molar-refractivity contribution < 1.29 is 23.1 Å². The maximum Gasteiger partial charge on any atom is 0.405 e. The van der Waals surface area contributed by atoms with Gasteiger partial charge < -0.3 is 5.11 Å². The van der Waals surface area contributed by atoms with Gasteiger partial charge in [-0.2, -0.15) is 13.2 Å². The van der Waals surface area contributed by atoms with Crippen LogP contribution in [0.2, 0.25) is 0 Å². The minimum atomic E-state index is -4.67. The van der Waals surface area contributed by atoms with Crippen molar-refractivity contribution in [2.45, 2.75) is 12.6 Å². The molecule has 0 amide bonds. The van der Waals surface area contributed by atoms with Crippen LogP contribution in [0.5, 0.6) is 0 Å². The summed E-state index contributed by atoms with van der Waals surface area (Å²) >= 11 is 0. The van der Waals surface area contributed by atoms with Crippen LogP contribution in [0.3, 0.4) is 0 Å². The zero-order valence-corrected chi connectivity index (χ0v) is 6.06. The molecule has 0 spiro atoms. The van der Waals surface area contributed by atoms with E-state index in [0.717, 1.165) is 6.08 Å². The van der Waals surface area contributed by atoms with Gasteiger partial charge in [-0.05, 0) is 6.42 Å². The highest BCUT2D eigenvalue weighted by Gasteiger charge is 2.75. The van der Waals surface area contributed by atoms with Crippen LogP contribution < -0.4 is 0 Å². The van der Waals surface area contributed by atoms with Crippen LogP contribution in [0.25, 0.3) is 0 Å². The predicted molar refractivity (Wildman–Crippen MR) is 34.4 cm³/mol. The number of carbonyl (C=O) groups is 1. The lowest BCUT2D eigenvalue weighted by molar-refractivity contribution is -0.205. The van der Waals surface area contributed by atoms with Crippen molar-refractivity contribution in [3.8, 4) is 0 Å². The maximum atomic E-state index is 12.2. The van der Waals surface area contributed by atoms with E-state index in [4.69, 9.17) is 5.11 Å². The molecule has 0 aromatic rings. The first-order chi connectivity index (χ1) is 5.36. The molecule has 1 rings (SSSR count). The molecule has 12 heavy (non-hydrogen) atoms. The van der Waals surface area contributed by atoms with Crippen LogP contribution in [-0.4, -0.2) is 17.3 Å². The third kappa shape index (κ3) is 0.922. The average molecular weight is 180 g/mol. The minimum Gasteiger partial charge on any atom is -0.481 e. The van der Waals surface area contributed by atoms with Crippen LogP contribution in [0.15, 0.2) is 12.7 Å². The third-order valence-corrected chi connectivity index (χ3v) is 2.19. The average Bonchev–Trinajstić information content (AvgIpc) is 2.59. The van der Waals surface area contributed by atoms with Crippen molar-refractivity contribution in [3.05, 3.63) is 12.7 Å². The van der Waals surface area contributed by atoms with Crippen LogP contribution in [0.1, 0.15) is 6.42 Å². The fourth-order valence-corrected chi connectivity index (χ4v) is 1.27. The SMILES string of the molecule is C=C[C@H]1C[C@@]1(C(=O)O)C(F)(F)F. The second kappa shape index (κ2) is 2.24. The van der Waals surface area contributed by atoms with Crippen LogP contribution in [-0.2, 0) is 4.79 Å². The van der Waals surface area contributed by atoms with E-state index in [1.165, 1.54) is 0 Å². The van der Waals surface area contributed by atoms with Crippen molar-refractivity contribution in [2.75, 3.05) is 0 Å². The molecule has 1 aliphatic rings. The predicted octanol–water partition coefficient (Wildman–Crippen LogP) is 1.83. The summed E-state index contributed by atoms with van der Waals surface area (Å²) in [5.74, 6) is -2.77. The maximum absolute atomic E-state index is 12.2. The highest BCUT2D eigenvalue weighted by Crippen LogP contribution is 2.63. The Bertz CT molecular complexity index is 233. The van der Waals surface area contributed by atoms with Gasteiger partial charge in [0.15, 0.2) is 5.41 Å². The second-order valence-corrected chi connectivity index (χ2v) is 2.82. The van der Waals surface area contributed by atoms with Gasteiger partial charge in [-0.25, -0.2) is 0 Å². The summed E-state index contributed by atoms with van der Waals surface area (Å²) in [7, 11) is 0. The quantitative estimate of drug-likeness (QED) is 0.658. The molecule has 1 saturated carbocycles. The number of aliphatic carboxylic acids is 1. The van der Waals surface area contributed by atoms with Gasteiger partial charge in [0.25, 0.3) is 0 Å². The molecule has 2 atom stereocenters. The van der Waals surface area contributed by atoms with E-state index in [9.17, 15) is 18.0 Å². The summed E-state index contributed by atoms with van der Waals surface area (Å²) in [5.41, 5.74) is -2.55. The lowest BCUT2D eigenvalue weighted by Gasteiger charge is -2.14. The van der Waals surface area contributed by atoms with Gasteiger partial charge in [0.2, 0.25) is 0 Å². The van der Waals surface area contributed by atoms with Crippen LogP contribution in [0.4, 0.5) is 13.2 Å². The van der Waals surface area contributed by atoms with E-state index < -0.39 is 23.5 Å². The van der Waals surface area contributed by atoms with E-state index in [1.54, 1.807) is 0 Å². The Morgan fingerprint density at radius 1 is 1.67 bits per heavy atom. The normalized spacial score (nSPS) is 34.4. The van der Waals surface area contributed by atoms with Gasteiger partial charge in [-0.3, -0.25) is 4.79 Å². The monoisotopic (exact) mass is 180 g/mol. The van der Waals surface area contributed by atoms with E-state index in [0.29, 0.717) is 0 Å². The zero-order chi connectivity index (χ0) is 9.57. The molecule has 2 nitrogen and oxygen atoms in total. The Morgan fingerprint density at radius 3 is 2.25 bits per heavy atom. The number of hydrogen-bond donors (Lipinski definition) is 1. The first-order valence-electron chi connectivity index (χ1n) is 3.29. The number of halogens is 3. The molecule has 0 heterocycles. The Morgan fingerprint density at radius 2 is 2.17 bits per heavy atom. The summed E-state index contributed by atoms with van der Waals surface area (Å²) < 4.78 is 36.5. The molecule has 0 unspecified atom stereocenters. The first-order valence-corrected chi connectivity index (χ1v) is 3.29. The molecule has 0 saturated heterocycles. The highest BCUT2D eigenvalue weighted by atomic mass is 19.4. The number of allylic oxidation sites excluding steroid dienone is 1. The van der Waals surface area contributed by atoms with Gasteiger partial charge in [0.1, 0.15) is 0 Å². The lowest BCUT2D eigenvalue weighted by Crippen LogP contribution is -2.34. The smallest absolute Gasteiger partial charge is 0.405 e. The summed E-state index contributed by atoms with van der Waals surface area (Å²) in [5, 5.41) is 8.37. The molecule has 1 fully saturated rings. The second-order valence-electron chi connectivity index (χ2n) is 2.82. The Hall–Kier alpha value is -1.00. The van der Waals surface area contributed by atoms with Gasteiger partial charge >= 0.3 is 12.1 Å². The van der Waals surface area contributed by atoms with Crippen molar-refractivity contribution in [1.29, 1.82) is 0 Å². The summed E-state index contributed by atoms with van der Waals surface area (Å²) in [6, 6.07) is 0. The molecule has 0 bridgehead atoms. The van der Waals surface area contributed by atoms with E-state index >= 15 is 0 Å². The number of carboxylic acids is 1. The first kappa shape index (κ1) is 9.09. The minimum absolute atomic E-state index is 0.380. The molecule has 0 radical (unpaired) electrons. The van der Waals surface area contributed by atoms with Gasteiger partial charge in [0.05, 0.1) is 0 Å². The summed E-state index contributed by atoms with van der Waals surface area (Å²) in [6.45, 7) is 3.15. The molecule has 0 aliphatic heterocycles. The molecular formula is C7H7F3O2. The largest absolute Gasteiger partial charge is 0.481 e. The fourth-order valence-electron chi connectivity index (χ4n) is 1.27. The van der Waals surface area contributed by atoms with Crippen LogP contribution in [0, 0.1) is 11.3 Å². The van der Waals surface area contributed by atoms with Crippen molar-refractivity contribution in [1.82, 2.24) is 0 Å². The van der Waals surface area contributed by atoms with Crippen LogP contribution >= 0.6 is 0 Å². The number of hydrogen-bond acceptors (Lipinski definition) is 1. The van der Waals surface area contributed by atoms with E-state index in [2.05, 4.69) is 6.58 Å². The number of rotatable bonds is 2. The Kier molecular flexibility index (Phi) is 1.70. The van der Waals surface area contributed by atoms with E-state index in [1.807, 2.05) is 0 Å². The number of carboxylic acid groups (broad SMARTS) is 1. The Balaban J connectivity index is 2.94. The van der Waals surface area contributed by atoms with Gasteiger partial charge in [0, 0.05) is 5.92 Å². The molecule has 1 aliphatic carbocycles. The molecule has 0 aromatic carbocycles. The Labute approximate surface area is 66.7 Å². The van der Waals surface area contributed by atoms with Gasteiger partial charge in [-0.1, -0.05) is 6.08 Å². The van der Waals surface area contributed by atoms with Crippen molar-refractivity contribution in [3.63, 3.8) is 0 Å². The molecule has 1 N–H and O–H groups in total. The molecule has 68 valence electrons. The summed E-state index contributed by atoms with van der Waals surface area (Å²) in [4.78, 5) is 10.3. The molecule has 0 aromatic heterocycles. The van der Waals surface area contributed by atoms with Crippen molar-refractivity contribution >= 4 is 5.97 Å². The summed E-state index contributed by atoms with van der Waals surface area (Å²) in [6.07, 6.45) is -4.01. The lowest BCUT2D eigenvalue weighted by atomic mass is 10.0. The zero-order valence-electron chi connectivity index (χ0n) is 6.06. The number of alkyl halides is 3. The topological polar surface area (TPSA) is 37.3 Å². The molecule has 5 heteroatoms. The van der Waals surface area contributed by atoms with Crippen molar-refractivity contribution in [2.24, 2.45) is 11.3 Å². The standard InChI is InChI=1S/C7H7F3O2/c1-2-4-3-6(4,5(11)12)7(8,9)10/h2,4H,1,3H2,(H,11,12)/t4-,6+/m0/s1. The van der Waals surface area contributed by atoms with Gasteiger partial charge in [-0.15, -0.1) is 6.58 Å². The van der Waals surface area contributed by atoms with E-state index in [-0.39, 0.29) is 6.42 Å². The molecular weight excluding hydrogens is 173 g/mol. The highest BCUT2D eigenvalue weighted by molar-refractivity contribution is 5.80. The third-order valence-electron chi connectivity index (χ3n) is 2.19. The fraction of sp³-hybridized carbons (Fsp3) is 0.571.